The number of carboxylic acids is 1. The summed E-state index contributed by atoms with van der Waals surface area (Å²) in [7, 11) is 0. The minimum absolute atomic E-state index is 0.452. The maximum atomic E-state index is 11.9. The van der Waals surface area contributed by atoms with Gasteiger partial charge in [0.15, 0.2) is 0 Å². The van der Waals surface area contributed by atoms with Gasteiger partial charge in [0, 0.05) is 0 Å². The lowest BCUT2D eigenvalue weighted by Crippen LogP contribution is -2.34. The molecule has 0 saturated carbocycles. The van der Waals surface area contributed by atoms with Gasteiger partial charge in [-0.1, -0.05) is 53.5 Å². The van der Waals surface area contributed by atoms with Crippen LogP contribution in [0.25, 0.3) is 0 Å². The topological polar surface area (TPSA) is 37.3 Å². The van der Waals surface area contributed by atoms with Gasteiger partial charge in [-0.25, -0.2) is 0 Å². The Labute approximate surface area is 133 Å². The molecule has 0 bridgehead atoms. The average Bonchev–Trinajstić information content (AvgIpc) is 2.82. The summed E-state index contributed by atoms with van der Waals surface area (Å²) in [5, 5.41) is 10.7. The van der Waals surface area contributed by atoms with Crippen molar-refractivity contribution in [2.24, 2.45) is 5.41 Å². The fourth-order valence-corrected chi connectivity index (χ4v) is 3.41. The van der Waals surface area contributed by atoms with Crippen molar-refractivity contribution >= 4 is 29.2 Å². The van der Waals surface area contributed by atoms with Crippen LogP contribution in [0.5, 0.6) is 0 Å². The minimum atomic E-state index is -0.791. The summed E-state index contributed by atoms with van der Waals surface area (Å²) in [6.07, 6.45) is 1.56. The Hall–Kier alpha value is -1.51. The molecule has 0 radical (unpaired) electrons. The first-order valence-corrected chi connectivity index (χ1v) is 7.50. The summed E-state index contributed by atoms with van der Waals surface area (Å²) in [5.74, 6) is -0.759. The largest absolute Gasteiger partial charge is 0.481 e. The zero-order valence-electron chi connectivity index (χ0n) is 11.3. The van der Waals surface area contributed by atoms with Gasteiger partial charge in [-0.05, 0) is 48.1 Å². The molecule has 4 heteroatoms. The Morgan fingerprint density at radius 1 is 1.05 bits per heavy atom. The zero-order chi connectivity index (χ0) is 15.0. The fraction of sp³-hybridized carbons (Fsp3) is 0.235. The van der Waals surface area contributed by atoms with Crippen molar-refractivity contribution in [3.63, 3.8) is 0 Å². The second kappa shape index (κ2) is 5.36. The molecule has 0 atom stereocenters. The molecule has 0 unspecified atom stereocenters. The van der Waals surface area contributed by atoms with E-state index in [-0.39, 0.29) is 0 Å². The molecule has 108 valence electrons. The zero-order valence-corrected chi connectivity index (χ0v) is 12.8. The van der Waals surface area contributed by atoms with E-state index in [0.717, 1.165) is 16.7 Å². The standard InChI is InChI=1S/C17H14Cl2O2/c18-14-6-5-11(7-15(14)19)8-17(16(20)21)9-12-3-1-2-4-13(12)10-17/h1-7H,8-10H2,(H,20,21). The first-order chi connectivity index (χ1) is 10.00. The molecule has 21 heavy (non-hydrogen) atoms. The molecule has 2 aromatic rings. The van der Waals surface area contributed by atoms with Crippen LogP contribution in [0.2, 0.25) is 10.0 Å². The van der Waals surface area contributed by atoms with Crippen LogP contribution in [0.4, 0.5) is 0 Å². The molecule has 0 amide bonds. The smallest absolute Gasteiger partial charge is 0.310 e. The Morgan fingerprint density at radius 3 is 2.19 bits per heavy atom. The van der Waals surface area contributed by atoms with Crippen molar-refractivity contribution in [1.29, 1.82) is 0 Å². The number of carbonyl (C=O) groups is 1. The van der Waals surface area contributed by atoms with E-state index in [1.54, 1.807) is 12.1 Å². The summed E-state index contributed by atoms with van der Waals surface area (Å²) in [6, 6.07) is 13.3. The highest BCUT2D eigenvalue weighted by Gasteiger charge is 2.43. The molecular weight excluding hydrogens is 307 g/mol. The van der Waals surface area contributed by atoms with Gasteiger partial charge >= 0.3 is 5.97 Å². The minimum Gasteiger partial charge on any atom is -0.481 e. The number of rotatable bonds is 3. The summed E-state index contributed by atoms with van der Waals surface area (Å²) in [6.45, 7) is 0. The molecular formula is C17H14Cl2O2. The van der Waals surface area contributed by atoms with Crippen molar-refractivity contribution in [3.8, 4) is 0 Å². The molecule has 0 fully saturated rings. The highest BCUT2D eigenvalue weighted by Crippen LogP contribution is 2.40. The lowest BCUT2D eigenvalue weighted by atomic mass is 9.79. The van der Waals surface area contributed by atoms with Crippen LogP contribution >= 0.6 is 23.2 Å². The Morgan fingerprint density at radius 2 is 1.67 bits per heavy atom. The maximum absolute atomic E-state index is 11.9. The molecule has 1 aliphatic rings. The van der Waals surface area contributed by atoms with Gasteiger partial charge in [-0.15, -0.1) is 0 Å². The van der Waals surface area contributed by atoms with E-state index < -0.39 is 11.4 Å². The fourth-order valence-electron chi connectivity index (χ4n) is 3.09. The normalized spacial score (nSPS) is 15.7. The van der Waals surface area contributed by atoms with Gasteiger partial charge in [-0.3, -0.25) is 4.79 Å². The van der Waals surface area contributed by atoms with Gasteiger partial charge in [-0.2, -0.15) is 0 Å². The first-order valence-electron chi connectivity index (χ1n) is 6.74. The molecule has 1 aliphatic carbocycles. The predicted octanol–water partition coefficient (Wildman–Crippen LogP) is 4.41. The third-order valence-electron chi connectivity index (χ3n) is 4.16. The second-order valence-electron chi connectivity index (χ2n) is 5.63. The molecule has 3 rings (SSSR count). The molecule has 2 aromatic carbocycles. The Balaban J connectivity index is 1.94. The van der Waals surface area contributed by atoms with Crippen LogP contribution in [0.3, 0.4) is 0 Å². The van der Waals surface area contributed by atoms with Crippen molar-refractivity contribution < 1.29 is 9.90 Å². The quantitative estimate of drug-likeness (QED) is 0.909. The molecule has 2 nitrogen and oxygen atoms in total. The van der Waals surface area contributed by atoms with Crippen LogP contribution in [-0.2, 0) is 24.1 Å². The van der Waals surface area contributed by atoms with E-state index >= 15 is 0 Å². The first kappa shape index (κ1) is 14.4. The number of carboxylic acid groups (broad SMARTS) is 1. The van der Waals surface area contributed by atoms with Crippen LogP contribution in [0.15, 0.2) is 42.5 Å². The van der Waals surface area contributed by atoms with E-state index in [1.165, 1.54) is 0 Å². The van der Waals surface area contributed by atoms with Crippen molar-refractivity contribution in [2.45, 2.75) is 19.3 Å². The Kier molecular flexibility index (Phi) is 3.68. The van der Waals surface area contributed by atoms with Crippen molar-refractivity contribution in [3.05, 3.63) is 69.2 Å². The van der Waals surface area contributed by atoms with Crippen LogP contribution < -0.4 is 0 Å². The van der Waals surface area contributed by atoms with Crippen molar-refractivity contribution in [2.75, 3.05) is 0 Å². The number of hydrogen-bond donors (Lipinski definition) is 1. The lowest BCUT2D eigenvalue weighted by molar-refractivity contribution is -0.148. The second-order valence-corrected chi connectivity index (χ2v) is 6.45. The van der Waals surface area contributed by atoms with E-state index in [4.69, 9.17) is 23.2 Å². The summed E-state index contributed by atoms with van der Waals surface area (Å²) in [4.78, 5) is 11.9. The summed E-state index contributed by atoms with van der Waals surface area (Å²) >= 11 is 12.0. The third kappa shape index (κ3) is 2.66. The lowest BCUT2D eigenvalue weighted by Gasteiger charge is -2.24. The highest BCUT2D eigenvalue weighted by molar-refractivity contribution is 6.42. The predicted molar refractivity (Wildman–Crippen MR) is 84.1 cm³/mol. The maximum Gasteiger partial charge on any atom is 0.310 e. The molecule has 0 aliphatic heterocycles. The van der Waals surface area contributed by atoms with E-state index in [2.05, 4.69) is 0 Å². The van der Waals surface area contributed by atoms with Crippen molar-refractivity contribution in [1.82, 2.24) is 0 Å². The third-order valence-corrected chi connectivity index (χ3v) is 4.90. The summed E-state index contributed by atoms with van der Waals surface area (Å²) < 4.78 is 0. The van der Waals surface area contributed by atoms with Crippen LogP contribution in [-0.4, -0.2) is 11.1 Å². The molecule has 0 saturated heterocycles. The highest BCUT2D eigenvalue weighted by atomic mass is 35.5. The van der Waals surface area contributed by atoms with Gasteiger partial charge in [0.05, 0.1) is 15.5 Å². The molecule has 0 aromatic heterocycles. The molecule has 1 N–H and O–H groups in total. The van der Waals surface area contributed by atoms with Crippen LogP contribution in [0, 0.1) is 5.41 Å². The van der Waals surface area contributed by atoms with E-state index in [1.807, 2.05) is 30.3 Å². The average molecular weight is 321 g/mol. The van der Waals surface area contributed by atoms with Crippen LogP contribution in [0.1, 0.15) is 16.7 Å². The molecule has 0 heterocycles. The number of hydrogen-bond acceptors (Lipinski definition) is 1. The van der Waals surface area contributed by atoms with Gasteiger partial charge in [0.2, 0.25) is 0 Å². The van der Waals surface area contributed by atoms with Gasteiger partial charge in [0.1, 0.15) is 0 Å². The number of benzene rings is 2. The number of aliphatic carboxylic acids is 1. The molecule has 0 spiro atoms. The van der Waals surface area contributed by atoms with E-state index in [0.29, 0.717) is 29.3 Å². The SMILES string of the molecule is O=C(O)C1(Cc2ccc(Cl)c(Cl)c2)Cc2ccccc2C1. The summed E-state index contributed by atoms with van der Waals surface area (Å²) in [5.41, 5.74) is 2.36. The monoisotopic (exact) mass is 320 g/mol. The van der Waals surface area contributed by atoms with Gasteiger partial charge in [0.25, 0.3) is 0 Å². The van der Waals surface area contributed by atoms with Gasteiger partial charge < -0.3 is 5.11 Å². The Bertz CT molecular complexity index is 685. The number of fused-ring (bicyclic) bond motifs is 1. The van der Waals surface area contributed by atoms with E-state index in [9.17, 15) is 9.90 Å². The number of halogens is 2.